The Kier molecular flexibility index (Phi) is 7.43. The third kappa shape index (κ3) is 5.40. The Morgan fingerprint density at radius 1 is 1.00 bits per heavy atom. The van der Waals surface area contributed by atoms with Crippen LogP contribution in [0.3, 0.4) is 0 Å². The largest absolute Gasteiger partial charge is 0.497 e. The lowest BCUT2D eigenvalue weighted by Crippen LogP contribution is -2.09. The van der Waals surface area contributed by atoms with Crippen molar-refractivity contribution in [3.63, 3.8) is 0 Å². The SMILES string of the molecule is C=C(OC)c1cc(-n2c(C)ccc2-c2cc(C)ccc2OCc2c(F)cccc2F)ccc1NC(C)=O. The summed E-state index contributed by atoms with van der Waals surface area (Å²) in [5, 5.41) is 2.81. The van der Waals surface area contributed by atoms with Crippen molar-refractivity contribution in [2.24, 2.45) is 0 Å². The quantitative estimate of drug-likeness (QED) is 0.259. The lowest BCUT2D eigenvalue weighted by Gasteiger charge is -2.19. The number of carbonyl (C=O) groups is 1. The molecule has 0 aliphatic heterocycles. The van der Waals surface area contributed by atoms with E-state index in [-0.39, 0.29) is 18.1 Å². The first kappa shape index (κ1) is 25.7. The van der Waals surface area contributed by atoms with Crippen molar-refractivity contribution in [2.45, 2.75) is 27.4 Å². The van der Waals surface area contributed by atoms with Gasteiger partial charge < -0.3 is 19.4 Å². The highest BCUT2D eigenvalue weighted by molar-refractivity contribution is 5.92. The van der Waals surface area contributed by atoms with E-state index in [9.17, 15) is 13.6 Å². The van der Waals surface area contributed by atoms with E-state index < -0.39 is 11.6 Å². The van der Waals surface area contributed by atoms with Crippen molar-refractivity contribution < 1.29 is 23.0 Å². The minimum Gasteiger partial charge on any atom is -0.497 e. The Bertz CT molecular complexity index is 1470. The number of nitrogens with one attached hydrogen (secondary N) is 1. The minimum absolute atomic E-state index is 0.128. The van der Waals surface area contributed by atoms with Crippen LogP contribution in [0, 0.1) is 25.5 Å². The van der Waals surface area contributed by atoms with Crippen molar-refractivity contribution in [1.82, 2.24) is 4.57 Å². The molecule has 7 heteroatoms. The summed E-state index contributed by atoms with van der Waals surface area (Å²) in [7, 11) is 1.52. The number of methoxy groups -OCH3 is 1. The maximum atomic E-state index is 14.2. The molecule has 0 atom stereocenters. The predicted octanol–water partition coefficient (Wildman–Crippen LogP) is 7.19. The fourth-order valence-electron chi connectivity index (χ4n) is 4.19. The first-order valence-electron chi connectivity index (χ1n) is 11.7. The average molecular weight is 503 g/mol. The van der Waals surface area contributed by atoms with Gasteiger partial charge in [-0.1, -0.05) is 24.3 Å². The minimum atomic E-state index is -0.655. The van der Waals surface area contributed by atoms with Crippen molar-refractivity contribution in [2.75, 3.05) is 12.4 Å². The van der Waals surface area contributed by atoms with E-state index in [1.165, 1.54) is 32.2 Å². The maximum absolute atomic E-state index is 14.2. The Morgan fingerprint density at radius 3 is 2.41 bits per heavy atom. The molecule has 1 N–H and O–H groups in total. The topological polar surface area (TPSA) is 52.5 Å². The standard InChI is InChI=1S/C30H28F2N2O3/c1-18-9-14-30(37-17-25-26(31)7-6-8-27(25)32)24(15-18)29-13-10-19(2)34(29)22-11-12-28(33-21(4)35)23(16-22)20(3)36-5/h6-16H,3,17H2,1-2,4-5H3,(H,33,35). The highest BCUT2D eigenvalue weighted by Gasteiger charge is 2.18. The molecular weight excluding hydrogens is 474 g/mol. The fourth-order valence-corrected chi connectivity index (χ4v) is 4.19. The molecule has 0 unspecified atom stereocenters. The number of hydrogen-bond donors (Lipinski definition) is 1. The van der Waals surface area contributed by atoms with Gasteiger partial charge in [0, 0.05) is 29.4 Å². The molecule has 1 aromatic heterocycles. The van der Waals surface area contributed by atoms with Crippen molar-refractivity contribution >= 4 is 17.4 Å². The number of carbonyl (C=O) groups excluding carboxylic acids is 1. The van der Waals surface area contributed by atoms with E-state index in [0.29, 0.717) is 22.8 Å². The Balaban J connectivity index is 1.80. The molecule has 1 heterocycles. The van der Waals surface area contributed by atoms with E-state index in [2.05, 4.69) is 11.9 Å². The zero-order valence-electron chi connectivity index (χ0n) is 21.2. The van der Waals surface area contributed by atoms with Gasteiger partial charge in [0.2, 0.25) is 5.91 Å². The molecule has 0 bridgehead atoms. The van der Waals surface area contributed by atoms with Crippen LogP contribution in [0.5, 0.6) is 5.75 Å². The first-order chi connectivity index (χ1) is 17.7. The highest BCUT2D eigenvalue weighted by atomic mass is 19.1. The monoisotopic (exact) mass is 502 g/mol. The van der Waals surface area contributed by atoms with Gasteiger partial charge in [0.05, 0.1) is 24.1 Å². The number of rotatable bonds is 8. The number of ether oxygens (including phenoxy) is 2. The second-order valence-corrected chi connectivity index (χ2v) is 8.72. The molecular formula is C30H28F2N2O3. The molecule has 0 aliphatic carbocycles. The number of amides is 1. The van der Waals surface area contributed by atoms with E-state index in [4.69, 9.17) is 9.47 Å². The van der Waals surface area contributed by atoms with Crippen LogP contribution in [0.4, 0.5) is 14.5 Å². The summed E-state index contributed by atoms with van der Waals surface area (Å²) in [5.74, 6) is -0.618. The molecule has 37 heavy (non-hydrogen) atoms. The number of aryl methyl sites for hydroxylation is 2. The van der Waals surface area contributed by atoms with Crippen molar-refractivity contribution in [1.29, 1.82) is 0 Å². The van der Waals surface area contributed by atoms with Gasteiger partial charge >= 0.3 is 0 Å². The molecule has 5 nitrogen and oxygen atoms in total. The number of aromatic nitrogens is 1. The van der Waals surface area contributed by atoms with Gasteiger partial charge in [0.1, 0.15) is 29.8 Å². The summed E-state index contributed by atoms with van der Waals surface area (Å²) in [6.07, 6.45) is 0. The van der Waals surface area contributed by atoms with Crippen LogP contribution in [-0.2, 0) is 16.1 Å². The summed E-state index contributed by atoms with van der Waals surface area (Å²) in [5.41, 5.74) is 5.45. The van der Waals surface area contributed by atoms with Crippen LogP contribution < -0.4 is 10.1 Å². The van der Waals surface area contributed by atoms with Gasteiger partial charge in [-0.3, -0.25) is 4.79 Å². The lowest BCUT2D eigenvalue weighted by atomic mass is 10.1. The van der Waals surface area contributed by atoms with Gasteiger partial charge in [0.15, 0.2) is 0 Å². The van der Waals surface area contributed by atoms with Gasteiger partial charge in [0.25, 0.3) is 0 Å². The van der Waals surface area contributed by atoms with Gasteiger partial charge in [-0.05, 0) is 68.4 Å². The first-order valence-corrected chi connectivity index (χ1v) is 11.7. The third-order valence-corrected chi connectivity index (χ3v) is 6.04. The summed E-state index contributed by atoms with van der Waals surface area (Å²) in [6.45, 7) is 9.09. The molecule has 0 spiro atoms. The molecule has 0 radical (unpaired) electrons. The number of nitrogens with zero attached hydrogens (tertiary/aromatic N) is 1. The molecule has 0 fully saturated rings. The lowest BCUT2D eigenvalue weighted by molar-refractivity contribution is -0.114. The Labute approximate surface area is 215 Å². The number of anilines is 1. The zero-order chi connectivity index (χ0) is 26.7. The van der Waals surface area contributed by atoms with E-state index in [0.717, 1.165) is 28.2 Å². The molecule has 0 aliphatic rings. The molecule has 3 aromatic carbocycles. The van der Waals surface area contributed by atoms with Crippen LogP contribution in [0.2, 0.25) is 0 Å². The van der Waals surface area contributed by atoms with Crippen molar-refractivity contribution in [3.8, 4) is 22.7 Å². The van der Waals surface area contributed by atoms with E-state index in [1.54, 1.807) is 12.1 Å². The van der Waals surface area contributed by atoms with Crippen LogP contribution in [0.25, 0.3) is 22.7 Å². The Morgan fingerprint density at radius 2 is 1.73 bits per heavy atom. The number of benzene rings is 3. The van der Waals surface area contributed by atoms with Crippen LogP contribution in [0.1, 0.15) is 29.3 Å². The summed E-state index contributed by atoms with van der Waals surface area (Å²) in [4.78, 5) is 11.7. The van der Waals surface area contributed by atoms with Gasteiger partial charge in [-0.15, -0.1) is 0 Å². The highest BCUT2D eigenvalue weighted by Crippen LogP contribution is 2.36. The summed E-state index contributed by atoms with van der Waals surface area (Å²) >= 11 is 0. The number of halogens is 2. The maximum Gasteiger partial charge on any atom is 0.221 e. The summed E-state index contributed by atoms with van der Waals surface area (Å²) in [6, 6.07) is 18.9. The van der Waals surface area contributed by atoms with Crippen molar-refractivity contribution in [3.05, 3.63) is 107 Å². The zero-order valence-corrected chi connectivity index (χ0v) is 21.2. The average Bonchev–Trinajstić information content (AvgIpc) is 3.25. The molecule has 0 saturated heterocycles. The second-order valence-electron chi connectivity index (χ2n) is 8.72. The fraction of sp³-hybridized carbons (Fsp3) is 0.167. The van der Waals surface area contributed by atoms with Crippen LogP contribution >= 0.6 is 0 Å². The molecule has 4 rings (SSSR count). The molecule has 190 valence electrons. The van der Waals surface area contributed by atoms with Gasteiger partial charge in [-0.25, -0.2) is 8.78 Å². The molecule has 4 aromatic rings. The molecule has 1 amide bonds. The van der Waals surface area contributed by atoms with Crippen LogP contribution in [-0.4, -0.2) is 17.6 Å². The van der Waals surface area contributed by atoms with Crippen LogP contribution in [0.15, 0.2) is 73.3 Å². The third-order valence-electron chi connectivity index (χ3n) is 6.04. The predicted molar refractivity (Wildman–Crippen MR) is 142 cm³/mol. The summed E-state index contributed by atoms with van der Waals surface area (Å²) < 4.78 is 41.8. The van der Waals surface area contributed by atoms with E-state index in [1.807, 2.05) is 54.8 Å². The normalized spacial score (nSPS) is 10.8. The Hall–Kier alpha value is -4.39. The van der Waals surface area contributed by atoms with Gasteiger partial charge in [-0.2, -0.15) is 0 Å². The second kappa shape index (κ2) is 10.7. The van der Waals surface area contributed by atoms with E-state index >= 15 is 0 Å². The smallest absolute Gasteiger partial charge is 0.221 e. The number of hydrogen-bond acceptors (Lipinski definition) is 3. The molecule has 0 saturated carbocycles.